The van der Waals surface area contributed by atoms with Gasteiger partial charge in [0.25, 0.3) is 5.91 Å². The monoisotopic (exact) mass is 507 g/mol. The molecule has 35 heavy (non-hydrogen) atoms. The van der Waals surface area contributed by atoms with Crippen LogP contribution in [0.25, 0.3) is 5.76 Å². The van der Waals surface area contributed by atoms with Crippen LogP contribution in [-0.4, -0.2) is 83.2 Å². The zero-order chi connectivity index (χ0) is 26.2. The lowest BCUT2D eigenvalue weighted by Crippen LogP contribution is -2.65. The number of hydrogen-bond acceptors (Lipinski definition) is 10. The Morgan fingerprint density at radius 3 is 2.37 bits per heavy atom. The van der Waals surface area contributed by atoms with E-state index in [0.717, 1.165) is 6.26 Å². The summed E-state index contributed by atoms with van der Waals surface area (Å²) in [4.78, 5) is 40.1. The van der Waals surface area contributed by atoms with E-state index >= 15 is 0 Å². The quantitative estimate of drug-likeness (QED) is 0.224. The van der Waals surface area contributed by atoms with E-state index in [1.807, 2.05) is 0 Å². The first-order valence-electron chi connectivity index (χ1n) is 10.6. The Labute approximate surface area is 200 Å². The summed E-state index contributed by atoms with van der Waals surface area (Å²) >= 11 is 0. The molecule has 0 aliphatic heterocycles. The van der Waals surface area contributed by atoms with Crippen molar-refractivity contribution in [3.63, 3.8) is 0 Å². The molecule has 4 atom stereocenters. The molecule has 0 spiro atoms. The first-order valence-corrected chi connectivity index (χ1v) is 12.5. The van der Waals surface area contributed by atoms with Crippen molar-refractivity contribution >= 4 is 38.9 Å². The molecule has 0 heterocycles. The number of hydrogen-bond donors (Lipinski definition) is 6. The Balaban J connectivity index is 1.94. The maximum atomic E-state index is 13.7. The number of phenolic OH excluding ortho intramolecular Hbond substituents is 1. The molecule has 1 amide bonds. The molecule has 188 valence electrons. The molecule has 0 aromatic heterocycles. The number of fused-ring (bicyclic) bond motifs is 3. The predicted molar refractivity (Wildman–Crippen MR) is 123 cm³/mol. The van der Waals surface area contributed by atoms with Gasteiger partial charge in [0.15, 0.2) is 17.1 Å². The van der Waals surface area contributed by atoms with Crippen molar-refractivity contribution in [3.8, 4) is 5.75 Å². The van der Waals surface area contributed by atoms with Gasteiger partial charge in [-0.15, -0.1) is 0 Å². The molecule has 1 aromatic carbocycles. The van der Waals surface area contributed by atoms with Crippen molar-refractivity contribution in [2.75, 3.05) is 25.1 Å². The van der Waals surface area contributed by atoms with Gasteiger partial charge in [-0.3, -0.25) is 24.0 Å². The maximum absolute atomic E-state index is 13.7. The molecular weight excluding hydrogens is 482 g/mol. The fourth-order valence-corrected chi connectivity index (χ4v) is 6.06. The van der Waals surface area contributed by atoms with Crippen LogP contribution in [0, 0.1) is 11.8 Å². The van der Waals surface area contributed by atoms with E-state index in [9.17, 15) is 43.2 Å². The number of phenols is 1. The highest BCUT2D eigenvalue weighted by Gasteiger charge is 2.64. The molecule has 4 rings (SSSR count). The fourth-order valence-electron chi connectivity index (χ4n) is 5.50. The summed E-state index contributed by atoms with van der Waals surface area (Å²) in [5.74, 6) is -7.65. The minimum absolute atomic E-state index is 0.0319. The van der Waals surface area contributed by atoms with Crippen LogP contribution in [0.4, 0.5) is 5.69 Å². The highest BCUT2D eigenvalue weighted by Crippen LogP contribution is 2.53. The number of rotatable bonds is 4. The fraction of sp³-hybridized carbons (Fsp3) is 0.409. The minimum Gasteiger partial charge on any atom is -0.508 e. The van der Waals surface area contributed by atoms with Gasteiger partial charge in [0.05, 0.1) is 23.5 Å². The van der Waals surface area contributed by atoms with E-state index in [-0.39, 0.29) is 29.7 Å². The van der Waals surface area contributed by atoms with E-state index in [4.69, 9.17) is 5.73 Å². The van der Waals surface area contributed by atoms with E-state index in [0.29, 0.717) is 5.56 Å². The van der Waals surface area contributed by atoms with Crippen molar-refractivity contribution < 1.29 is 43.2 Å². The number of anilines is 1. The molecule has 3 aliphatic carbocycles. The number of aromatic hydroxyl groups is 1. The normalized spacial score (nSPS) is 28.5. The average molecular weight is 508 g/mol. The van der Waals surface area contributed by atoms with Crippen LogP contribution in [-0.2, 0) is 30.8 Å². The lowest BCUT2D eigenvalue weighted by Gasteiger charge is -2.50. The van der Waals surface area contributed by atoms with Crippen LogP contribution >= 0.6 is 0 Å². The minimum atomic E-state index is -3.78. The number of likely N-dealkylation sites (N-methyl/N-ethyl adjacent to an activating group) is 1. The van der Waals surface area contributed by atoms with Crippen LogP contribution in [0.1, 0.15) is 17.5 Å². The maximum Gasteiger partial charge on any atom is 0.255 e. The summed E-state index contributed by atoms with van der Waals surface area (Å²) in [7, 11) is -0.747. The largest absolute Gasteiger partial charge is 0.508 e. The number of sulfonamides is 1. The van der Waals surface area contributed by atoms with Gasteiger partial charge < -0.3 is 26.2 Å². The number of nitrogens with zero attached hydrogens (tertiary/aromatic N) is 1. The molecule has 13 heteroatoms. The Kier molecular flexibility index (Phi) is 5.50. The molecule has 1 fully saturated rings. The molecule has 12 nitrogen and oxygen atoms in total. The number of nitrogens with two attached hydrogens (primary N) is 1. The standard InChI is InChI=1S/C22H25N3O9S/c1-25(2)15-10-7-9-6-8-4-5-11(24-35(3,33)34)16(26)12(8)17(27)13(9)19(29)22(10,32)20(30)14(18(15)28)21(23)31/h4-5,9-10,15,24,26-27,30,32H,6-7H2,1-3H3,(H2,23,31). The van der Waals surface area contributed by atoms with Gasteiger partial charge in [-0.25, -0.2) is 8.42 Å². The molecule has 1 aromatic rings. The molecule has 7 N–H and O–H groups in total. The number of aliphatic hydroxyl groups is 3. The predicted octanol–water partition coefficient (Wildman–Crippen LogP) is -0.664. The summed E-state index contributed by atoms with van der Waals surface area (Å²) < 4.78 is 25.4. The summed E-state index contributed by atoms with van der Waals surface area (Å²) in [5.41, 5.74) is 1.31. The van der Waals surface area contributed by atoms with Gasteiger partial charge in [0.2, 0.25) is 15.8 Å². The van der Waals surface area contributed by atoms with Crippen LogP contribution in [0.2, 0.25) is 0 Å². The summed E-state index contributed by atoms with van der Waals surface area (Å²) in [5, 5.41) is 44.1. The third-order valence-corrected chi connectivity index (χ3v) is 7.48. The van der Waals surface area contributed by atoms with E-state index in [1.165, 1.54) is 31.1 Å². The third kappa shape index (κ3) is 3.49. The molecule has 0 radical (unpaired) electrons. The number of Topliss-reactive ketones (excluding diaryl/α,β-unsaturated/α-hetero) is 2. The smallest absolute Gasteiger partial charge is 0.255 e. The Morgan fingerprint density at radius 1 is 1.20 bits per heavy atom. The van der Waals surface area contributed by atoms with Crippen LogP contribution < -0.4 is 10.5 Å². The number of nitrogens with one attached hydrogen (secondary N) is 1. The Bertz CT molecular complexity index is 1360. The average Bonchev–Trinajstić information content (AvgIpc) is 2.71. The number of ketones is 2. The van der Waals surface area contributed by atoms with Crippen molar-refractivity contribution in [2.24, 2.45) is 17.6 Å². The van der Waals surface area contributed by atoms with Crippen LogP contribution in [0.3, 0.4) is 0 Å². The first kappa shape index (κ1) is 24.7. The lowest BCUT2D eigenvalue weighted by molar-refractivity contribution is -0.153. The molecular formula is C22H25N3O9S. The molecule has 1 saturated carbocycles. The second-order valence-corrected chi connectivity index (χ2v) is 11.1. The summed E-state index contributed by atoms with van der Waals surface area (Å²) in [6.45, 7) is 0. The highest BCUT2D eigenvalue weighted by atomic mass is 32.2. The van der Waals surface area contributed by atoms with E-state index in [1.54, 1.807) is 0 Å². The van der Waals surface area contributed by atoms with Gasteiger partial charge in [-0.2, -0.15) is 0 Å². The first-order chi connectivity index (χ1) is 16.1. The molecule has 4 unspecified atom stereocenters. The number of benzene rings is 1. The van der Waals surface area contributed by atoms with Gasteiger partial charge in [-0.05, 0) is 44.5 Å². The van der Waals surface area contributed by atoms with Crippen molar-refractivity contribution in [1.29, 1.82) is 0 Å². The van der Waals surface area contributed by atoms with Gasteiger partial charge in [0, 0.05) is 11.5 Å². The molecule has 3 aliphatic rings. The molecule has 0 saturated heterocycles. The number of primary amides is 1. The van der Waals surface area contributed by atoms with Crippen molar-refractivity contribution in [1.82, 2.24) is 4.90 Å². The van der Waals surface area contributed by atoms with Gasteiger partial charge >= 0.3 is 0 Å². The van der Waals surface area contributed by atoms with E-state index in [2.05, 4.69) is 4.72 Å². The van der Waals surface area contributed by atoms with Crippen molar-refractivity contribution in [2.45, 2.75) is 24.5 Å². The zero-order valence-electron chi connectivity index (χ0n) is 19.1. The number of carbonyl (C=O) groups is 3. The number of carbonyl (C=O) groups excluding carboxylic acids is 3. The summed E-state index contributed by atoms with van der Waals surface area (Å²) in [6, 6.07) is 1.63. The van der Waals surface area contributed by atoms with Gasteiger partial charge in [-0.1, -0.05) is 6.07 Å². The summed E-state index contributed by atoms with van der Waals surface area (Å²) in [6.07, 6.45) is 0.953. The zero-order valence-corrected chi connectivity index (χ0v) is 19.9. The topological polar surface area (TPSA) is 208 Å². The van der Waals surface area contributed by atoms with Crippen LogP contribution in [0.5, 0.6) is 5.75 Å². The second-order valence-electron chi connectivity index (χ2n) is 9.33. The number of aliphatic hydroxyl groups excluding tert-OH is 2. The third-order valence-electron chi connectivity index (χ3n) is 6.89. The van der Waals surface area contributed by atoms with Gasteiger partial charge in [0.1, 0.15) is 17.1 Å². The molecule has 0 bridgehead atoms. The second kappa shape index (κ2) is 7.80. The van der Waals surface area contributed by atoms with Crippen molar-refractivity contribution in [3.05, 3.63) is 40.2 Å². The lowest BCUT2D eigenvalue weighted by atomic mass is 9.57. The Morgan fingerprint density at radius 2 is 1.83 bits per heavy atom. The van der Waals surface area contributed by atoms with E-state index < -0.39 is 73.8 Å². The van der Waals surface area contributed by atoms with Crippen LogP contribution in [0.15, 0.2) is 29.0 Å². The Hall–Kier alpha value is -3.42. The highest BCUT2D eigenvalue weighted by molar-refractivity contribution is 7.92. The SMILES string of the molecule is CN(C)C1C(=O)C(C(N)=O)=C(O)C2(O)C(=O)C3=C(O)c4c(ccc(NS(C)(=O)=O)c4O)CC3CC12. The number of amides is 1.